The number of hydrogen-bond acceptors (Lipinski definition) is 2. The zero-order chi connectivity index (χ0) is 25.6. The third-order valence-corrected chi connectivity index (χ3v) is 12.1. The zero-order valence-corrected chi connectivity index (χ0v) is 23.0. The molecule has 0 saturated carbocycles. The molecule has 4 aromatic rings. The van der Waals surface area contributed by atoms with E-state index in [-0.39, 0.29) is 0 Å². The topological polar surface area (TPSA) is 18.5 Å². The standard InChI is InChI=1S/C34H32O2Si/c1-35-27-15-11-23(12-16-27)31-9-5-7-25-19-29(21-33(25)31)37(3,4)30-20-26-8-6-10-32(34(26)22-30)24-13-17-28(36-2)18-14-24/h5-18,21-22H,19-20H2,1-4H3. The van der Waals surface area contributed by atoms with E-state index in [9.17, 15) is 0 Å². The molecule has 0 radical (unpaired) electrons. The Morgan fingerprint density at radius 3 is 1.32 bits per heavy atom. The maximum absolute atomic E-state index is 5.37. The number of methoxy groups -OCH3 is 2. The number of hydrogen-bond donors (Lipinski definition) is 0. The second-order valence-electron chi connectivity index (χ2n) is 10.5. The van der Waals surface area contributed by atoms with Crippen molar-refractivity contribution >= 4 is 20.2 Å². The van der Waals surface area contributed by atoms with Crippen LogP contribution in [0.5, 0.6) is 11.5 Å². The summed E-state index contributed by atoms with van der Waals surface area (Å²) >= 11 is 0. The summed E-state index contributed by atoms with van der Waals surface area (Å²) < 4.78 is 10.7. The summed E-state index contributed by atoms with van der Waals surface area (Å²) in [5.41, 5.74) is 10.8. The molecule has 0 amide bonds. The first-order chi connectivity index (χ1) is 18.0. The van der Waals surface area contributed by atoms with Crippen molar-refractivity contribution in [1.82, 2.24) is 0 Å². The van der Waals surface area contributed by atoms with Crippen molar-refractivity contribution in [3.8, 4) is 33.8 Å². The molecular weight excluding hydrogens is 468 g/mol. The van der Waals surface area contributed by atoms with Gasteiger partial charge in [-0.3, -0.25) is 0 Å². The van der Waals surface area contributed by atoms with Crippen molar-refractivity contribution in [3.05, 3.63) is 118 Å². The Balaban J connectivity index is 1.34. The van der Waals surface area contributed by atoms with E-state index in [2.05, 4.69) is 85.9 Å². The van der Waals surface area contributed by atoms with Crippen LogP contribution in [-0.2, 0) is 12.8 Å². The molecule has 0 spiro atoms. The number of rotatable bonds is 6. The van der Waals surface area contributed by atoms with Crippen molar-refractivity contribution in [1.29, 1.82) is 0 Å². The lowest BCUT2D eigenvalue weighted by Gasteiger charge is -2.26. The van der Waals surface area contributed by atoms with E-state index in [0.29, 0.717) is 0 Å². The summed E-state index contributed by atoms with van der Waals surface area (Å²) in [5.74, 6) is 1.78. The lowest BCUT2D eigenvalue weighted by Crippen LogP contribution is -2.32. The highest BCUT2D eigenvalue weighted by molar-refractivity contribution is 6.92. The average Bonchev–Trinajstić information content (AvgIpc) is 3.59. The Bertz CT molecular complexity index is 1420. The molecule has 0 atom stereocenters. The van der Waals surface area contributed by atoms with Gasteiger partial charge in [0.25, 0.3) is 0 Å². The van der Waals surface area contributed by atoms with E-state index in [1.807, 2.05) is 24.3 Å². The highest BCUT2D eigenvalue weighted by atomic mass is 28.3. The van der Waals surface area contributed by atoms with Crippen LogP contribution < -0.4 is 9.47 Å². The van der Waals surface area contributed by atoms with Gasteiger partial charge < -0.3 is 9.47 Å². The fraction of sp³-hybridized carbons (Fsp3) is 0.176. The molecule has 0 aromatic heterocycles. The molecule has 2 nitrogen and oxygen atoms in total. The van der Waals surface area contributed by atoms with Gasteiger partial charge in [-0.2, -0.15) is 0 Å². The fourth-order valence-electron chi connectivity index (χ4n) is 5.79. The molecule has 2 aliphatic rings. The lowest BCUT2D eigenvalue weighted by atomic mass is 9.97. The molecule has 0 fully saturated rings. The van der Waals surface area contributed by atoms with Crippen LogP contribution >= 0.6 is 0 Å². The van der Waals surface area contributed by atoms with Gasteiger partial charge in [-0.1, -0.05) is 96.3 Å². The van der Waals surface area contributed by atoms with Gasteiger partial charge in [-0.25, -0.2) is 0 Å². The van der Waals surface area contributed by atoms with E-state index in [1.165, 1.54) is 44.5 Å². The van der Waals surface area contributed by atoms with E-state index in [4.69, 9.17) is 9.47 Å². The molecule has 2 aliphatic carbocycles. The van der Waals surface area contributed by atoms with Gasteiger partial charge in [0.05, 0.1) is 14.2 Å². The normalized spacial score (nSPS) is 14.1. The van der Waals surface area contributed by atoms with Crippen molar-refractivity contribution in [2.24, 2.45) is 0 Å². The van der Waals surface area contributed by atoms with Crippen LogP contribution in [0.2, 0.25) is 13.1 Å². The highest BCUT2D eigenvalue weighted by Crippen LogP contribution is 2.43. The van der Waals surface area contributed by atoms with Gasteiger partial charge in [0, 0.05) is 0 Å². The maximum Gasteiger partial charge on any atom is 0.118 e. The quantitative estimate of drug-likeness (QED) is 0.247. The van der Waals surface area contributed by atoms with Gasteiger partial charge in [-0.15, -0.1) is 0 Å². The number of benzene rings is 4. The minimum Gasteiger partial charge on any atom is -0.497 e. The lowest BCUT2D eigenvalue weighted by molar-refractivity contribution is 0.415. The van der Waals surface area contributed by atoms with Crippen LogP contribution in [0.25, 0.3) is 34.4 Å². The van der Waals surface area contributed by atoms with Crippen LogP contribution in [0, 0.1) is 0 Å². The molecule has 37 heavy (non-hydrogen) atoms. The number of fused-ring (bicyclic) bond motifs is 2. The second-order valence-corrected chi connectivity index (χ2v) is 15.1. The van der Waals surface area contributed by atoms with Gasteiger partial charge in [0.15, 0.2) is 0 Å². The Kier molecular flexibility index (Phi) is 5.89. The Hall–Kier alpha value is -3.82. The van der Waals surface area contributed by atoms with Gasteiger partial charge in [0.2, 0.25) is 0 Å². The van der Waals surface area contributed by atoms with Crippen molar-refractivity contribution < 1.29 is 9.47 Å². The molecule has 0 heterocycles. The minimum atomic E-state index is -1.83. The summed E-state index contributed by atoms with van der Waals surface area (Å²) in [5, 5.41) is 3.24. The molecule has 0 bridgehead atoms. The molecular formula is C34H32O2Si. The predicted molar refractivity (Wildman–Crippen MR) is 158 cm³/mol. The van der Waals surface area contributed by atoms with Gasteiger partial charge >= 0.3 is 0 Å². The summed E-state index contributed by atoms with van der Waals surface area (Å²) in [6.07, 6.45) is 7.12. The fourth-order valence-corrected chi connectivity index (χ4v) is 8.48. The zero-order valence-electron chi connectivity index (χ0n) is 22.0. The van der Waals surface area contributed by atoms with Crippen molar-refractivity contribution in [2.75, 3.05) is 14.2 Å². The molecule has 0 saturated heterocycles. The number of allylic oxidation sites excluding steroid dienone is 2. The van der Waals surface area contributed by atoms with Crippen molar-refractivity contribution in [2.45, 2.75) is 25.9 Å². The Labute approximate surface area is 220 Å². The van der Waals surface area contributed by atoms with Crippen LogP contribution in [-0.4, -0.2) is 22.3 Å². The largest absolute Gasteiger partial charge is 0.497 e. The predicted octanol–water partition coefficient (Wildman–Crippen LogP) is 8.40. The molecule has 4 aromatic carbocycles. The number of ether oxygens (including phenoxy) is 2. The van der Waals surface area contributed by atoms with Crippen LogP contribution in [0.3, 0.4) is 0 Å². The smallest absolute Gasteiger partial charge is 0.118 e. The Morgan fingerprint density at radius 1 is 0.541 bits per heavy atom. The van der Waals surface area contributed by atoms with Crippen LogP contribution in [0.15, 0.2) is 95.3 Å². The van der Waals surface area contributed by atoms with E-state index >= 15 is 0 Å². The van der Waals surface area contributed by atoms with E-state index in [1.54, 1.807) is 24.6 Å². The Morgan fingerprint density at radius 2 is 0.946 bits per heavy atom. The molecule has 0 aliphatic heterocycles. The molecule has 3 heteroatoms. The molecule has 0 unspecified atom stereocenters. The van der Waals surface area contributed by atoms with Crippen molar-refractivity contribution in [3.63, 3.8) is 0 Å². The summed E-state index contributed by atoms with van der Waals surface area (Å²) in [7, 11) is 1.60. The van der Waals surface area contributed by atoms with Crippen LogP contribution in [0.1, 0.15) is 22.3 Å². The first-order valence-electron chi connectivity index (χ1n) is 12.9. The van der Waals surface area contributed by atoms with Gasteiger partial charge in [-0.05, 0) is 81.6 Å². The molecule has 184 valence electrons. The monoisotopic (exact) mass is 500 g/mol. The maximum atomic E-state index is 5.37. The molecule has 0 N–H and O–H groups in total. The van der Waals surface area contributed by atoms with E-state index < -0.39 is 8.07 Å². The summed E-state index contributed by atoms with van der Waals surface area (Å²) in [6.45, 7) is 5.06. The van der Waals surface area contributed by atoms with E-state index in [0.717, 1.165) is 24.3 Å². The van der Waals surface area contributed by atoms with Crippen LogP contribution in [0.4, 0.5) is 0 Å². The first kappa shape index (κ1) is 23.6. The SMILES string of the molecule is COc1ccc(-c2cccc3c2C=C([Si](C)(C)C2=Cc4c(cccc4-c4ccc(OC)cc4)C2)C3)cc1. The highest BCUT2D eigenvalue weighted by Gasteiger charge is 2.36. The molecule has 6 rings (SSSR count). The summed E-state index contributed by atoms with van der Waals surface area (Å²) in [4.78, 5) is 0. The third kappa shape index (κ3) is 4.14. The minimum absolute atomic E-state index is 0.892. The van der Waals surface area contributed by atoms with Gasteiger partial charge in [0.1, 0.15) is 19.6 Å². The first-order valence-corrected chi connectivity index (χ1v) is 15.9. The summed E-state index contributed by atoms with van der Waals surface area (Å²) in [6, 6.07) is 30.4. The third-order valence-electron chi connectivity index (χ3n) is 8.20. The second kappa shape index (κ2) is 9.24. The average molecular weight is 501 g/mol.